The third kappa shape index (κ3) is 4.65. The fourth-order valence-corrected chi connectivity index (χ4v) is 4.66. The van der Waals surface area contributed by atoms with Gasteiger partial charge in [0.2, 0.25) is 0 Å². The van der Waals surface area contributed by atoms with Crippen LogP contribution >= 0.6 is 0 Å². The molecule has 1 fully saturated rings. The Kier molecular flexibility index (Phi) is 6.53. The Labute approximate surface area is 190 Å². The zero-order chi connectivity index (χ0) is 23.7. The van der Waals surface area contributed by atoms with Crippen LogP contribution in [0.4, 0.5) is 8.78 Å². The van der Waals surface area contributed by atoms with Crippen molar-refractivity contribution in [2.24, 2.45) is 0 Å². The first-order valence-electron chi connectivity index (χ1n) is 10.7. The summed E-state index contributed by atoms with van der Waals surface area (Å²) in [7, 11) is 1.62. The quantitative estimate of drug-likeness (QED) is 0.495. The predicted molar refractivity (Wildman–Crippen MR) is 120 cm³/mol. The number of aromatic carboxylic acids is 1. The van der Waals surface area contributed by atoms with Crippen molar-refractivity contribution >= 4 is 16.9 Å². The first kappa shape index (κ1) is 23.0. The number of aromatic amines is 1. The summed E-state index contributed by atoms with van der Waals surface area (Å²) in [6.07, 6.45) is -0.571. The number of rotatable bonds is 7. The molecule has 1 aromatic heterocycles. The zero-order valence-corrected chi connectivity index (χ0v) is 18.5. The number of hydrogen-bond donors (Lipinski definition) is 3. The highest BCUT2D eigenvalue weighted by atomic mass is 19.3. The number of piperazine rings is 1. The van der Waals surface area contributed by atoms with Gasteiger partial charge in [-0.2, -0.15) is 0 Å². The van der Waals surface area contributed by atoms with Gasteiger partial charge in [0, 0.05) is 54.9 Å². The van der Waals surface area contributed by atoms with Crippen molar-refractivity contribution in [3.05, 3.63) is 58.8 Å². The van der Waals surface area contributed by atoms with Crippen LogP contribution in [0, 0.1) is 6.92 Å². The highest BCUT2D eigenvalue weighted by Crippen LogP contribution is 2.36. The minimum absolute atomic E-state index is 0.195. The summed E-state index contributed by atoms with van der Waals surface area (Å²) in [5.41, 5.74) is 3.54. The van der Waals surface area contributed by atoms with Crippen LogP contribution < -0.4 is 4.74 Å². The summed E-state index contributed by atoms with van der Waals surface area (Å²) in [5.74, 6) is -0.817. The number of carboxylic acid groups (broad SMARTS) is 1. The number of nitrogens with one attached hydrogen (secondary N) is 1. The molecule has 0 aliphatic carbocycles. The van der Waals surface area contributed by atoms with E-state index in [2.05, 4.69) is 9.88 Å². The lowest BCUT2D eigenvalue weighted by Gasteiger charge is -2.42. The van der Waals surface area contributed by atoms with Crippen molar-refractivity contribution < 1.29 is 28.5 Å². The van der Waals surface area contributed by atoms with Crippen LogP contribution in [-0.4, -0.2) is 70.7 Å². The summed E-state index contributed by atoms with van der Waals surface area (Å²) in [6, 6.07) is 8.08. The summed E-state index contributed by atoms with van der Waals surface area (Å²) in [5, 5.41) is 20.5. The van der Waals surface area contributed by atoms with Gasteiger partial charge in [-0.25, -0.2) is 13.6 Å². The summed E-state index contributed by atoms with van der Waals surface area (Å²) >= 11 is 0. The molecule has 33 heavy (non-hydrogen) atoms. The number of phenols is 1. The number of carboxylic acids is 1. The van der Waals surface area contributed by atoms with Gasteiger partial charge in [0.25, 0.3) is 6.43 Å². The number of carbonyl (C=O) groups is 1. The van der Waals surface area contributed by atoms with Crippen LogP contribution in [0.3, 0.4) is 0 Å². The molecule has 176 valence electrons. The number of H-pyrrole nitrogens is 1. The number of methoxy groups -OCH3 is 1. The zero-order valence-electron chi connectivity index (χ0n) is 18.5. The average molecular weight is 459 g/mol. The van der Waals surface area contributed by atoms with Gasteiger partial charge >= 0.3 is 5.97 Å². The maximum atomic E-state index is 13.1. The van der Waals surface area contributed by atoms with Gasteiger partial charge in [-0.1, -0.05) is 6.07 Å². The average Bonchev–Trinajstić information content (AvgIpc) is 3.26. The Morgan fingerprint density at radius 2 is 2.06 bits per heavy atom. The SMILES string of the molecule is COc1cc(C)c2[nH]ccc2c1CN1CCN(CC(F)F)C[C@H]1c1ccc(C(=O)O)c(O)c1. The van der Waals surface area contributed by atoms with E-state index in [-0.39, 0.29) is 23.9 Å². The Bertz CT molecular complexity index is 1160. The van der Waals surface area contributed by atoms with Gasteiger partial charge in [-0.05, 0) is 42.3 Å². The van der Waals surface area contributed by atoms with E-state index in [1.54, 1.807) is 18.1 Å². The van der Waals surface area contributed by atoms with Crippen LogP contribution in [0.5, 0.6) is 11.5 Å². The molecule has 0 amide bonds. The van der Waals surface area contributed by atoms with Crippen molar-refractivity contribution in [2.75, 3.05) is 33.3 Å². The Morgan fingerprint density at radius 3 is 2.73 bits per heavy atom. The number of benzene rings is 2. The summed E-state index contributed by atoms with van der Waals surface area (Å²) < 4.78 is 31.9. The number of ether oxygens (including phenoxy) is 1. The number of aryl methyl sites for hydroxylation is 1. The standard InChI is InChI=1S/C24H27F2N3O4/c1-14-9-21(33-2)18(16-5-6-27-23(14)16)11-29-8-7-28(13-22(25)26)12-19(29)15-3-4-17(24(31)32)20(30)10-15/h3-6,9-10,19,22,27,30H,7-8,11-13H2,1-2H3,(H,31,32)/t19-/m0/s1. The lowest BCUT2D eigenvalue weighted by atomic mass is 9.98. The molecule has 2 aromatic carbocycles. The molecule has 0 unspecified atom stereocenters. The minimum atomic E-state index is -2.45. The number of alkyl halides is 2. The van der Waals surface area contributed by atoms with Gasteiger partial charge in [0.15, 0.2) is 0 Å². The molecule has 9 heteroatoms. The van der Waals surface area contributed by atoms with Gasteiger partial charge < -0.3 is 19.9 Å². The normalized spacial score (nSPS) is 17.7. The van der Waals surface area contributed by atoms with Crippen molar-refractivity contribution in [3.63, 3.8) is 0 Å². The van der Waals surface area contributed by atoms with Crippen LogP contribution in [0.15, 0.2) is 36.5 Å². The molecule has 3 N–H and O–H groups in total. The van der Waals surface area contributed by atoms with Gasteiger partial charge in [0.05, 0.1) is 13.7 Å². The van der Waals surface area contributed by atoms with Crippen LogP contribution in [-0.2, 0) is 6.54 Å². The molecule has 2 heterocycles. The molecular formula is C24H27F2N3O4. The number of aromatic nitrogens is 1. The molecule has 0 saturated carbocycles. The highest BCUT2D eigenvalue weighted by molar-refractivity contribution is 5.91. The van der Waals surface area contributed by atoms with E-state index < -0.39 is 12.4 Å². The van der Waals surface area contributed by atoms with Crippen molar-refractivity contribution in [1.29, 1.82) is 0 Å². The fourth-order valence-electron chi connectivity index (χ4n) is 4.66. The molecule has 1 aliphatic heterocycles. The monoisotopic (exact) mass is 459 g/mol. The van der Waals surface area contributed by atoms with E-state index in [0.717, 1.165) is 27.8 Å². The van der Waals surface area contributed by atoms with Crippen LogP contribution in [0.25, 0.3) is 10.9 Å². The van der Waals surface area contributed by atoms with E-state index in [4.69, 9.17) is 4.74 Å². The Hall–Kier alpha value is -3.17. The number of aromatic hydroxyl groups is 1. The molecule has 1 saturated heterocycles. The second-order valence-electron chi connectivity index (χ2n) is 8.36. The third-order valence-corrected chi connectivity index (χ3v) is 6.30. The fraction of sp³-hybridized carbons (Fsp3) is 0.375. The van der Waals surface area contributed by atoms with Crippen LogP contribution in [0.2, 0.25) is 0 Å². The molecule has 0 radical (unpaired) electrons. The number of fused-ring (bicyclic) bond motifs is 1. The summed E-state index contributed by atoms with van der Waals surface area (Å²) in [6.45, 7) is 3.52. The number of nitrogens with zero attached hydrogens (tertiary/aromatic N) is 2. The van der Waals surface area contributed by atoms with E-state index in [1.807, 2.05) is 25.3 Å². The predicted octanol–water partition coefficient (Wildman–Crippen LogP) is 4.01. The van der Waals surface area contributed by atoms with E-state index in [9.17, 15) is 23.8 Å². The third-order valence-electron chi connectivity index (χ3n) is 6.30. The van der Waals surface area contributed by atoms with Gasteiger partial charge in [0.1, 0.15) is 17.1 Å². The molecule has 0 spiro atoms. The molecule has 3 aromatic rings. The van der Waals surface area contributed by atoms with Gasteiger partial charge in [-0.3, -0.25) is 9.80 Å². The number of hydrogen-bond acceptors (Lipinski definition) is 5. The Balaban J connectivity index is 1.71. The highest BCUT2D eigenvalue weighted by Gasteiger charge is 2.31. The first-order valence-corrected chi connectivity index (χ1v) is 10.7. The van der Waals surface area contributed by atoms with Crippen molar-refractivity contribution in [3.8, 4) is 11.5 Å². The first-order chi connectivity index (χ1) is 15.8. The van der Waals surface area contributed by atoms with E-state index >= 15 is 0 Å². The lowest BCUT2D eigenvalue weighted by molar-refractivity contribution is 0.0245. The summed E-state index contributed by atoms with van der Waals surface area (Å²) in [4.78, 5) is 18.4. The maximum Gasteiger partial charge on any atom is 0.339 e. The topological polar surface area (TPSA) is 89.0 Å². The lowest BCUT2D eigenvalue weighted by Crippen LogP contribution is -2.49. The molecule has 7 nitrogen and oxygen atoms in total. The Morgan fingerprint density at radius 1 is 1.27 bits per heavy atom. The van der Waals surface area contributed by atoms with Crippen LogP contribution in [0.1, 0.15) is 33.1 Å². The number of halogens is 2. The maximum absolute atomic E-state index is 13.1. The van der Waals surface area contributed by atoms with E-state index in [0.29, 0.717) is 31.7 Å². The molecule has 1 aliphatic rings. The van der Waals surface area contributed by atoms with Gasteiger partial charge in [-0.15, -0.1) is 0 Å². The smallest absolute Gasteiger partial charge is 0.339 e. The van der Waals surface area contributed by atoms with E-state index in [1.165, 1.54) is 12.1 Å². The molecular weight excluding hydrogens is 432 g/mol. The molecule has 0 bridgehead atoms. The second kappa shape index (κ2) is 9.36. The molecule has 1 atom stereocenters. The van der Waals surface area contributed by atoms with Crippen molar-refractivity contribution in [1.82, 2.24) is 14.8 Å². The second-order valence-corrected chi connectivity index (χ2v) is 8.36. The minimum Gasteiger partial charge on any atom is -0.507 e. The largest absolute Gasteiger partial charge is 0.507 e. The van der Waals surface area contributed by atoms with Crippen molar-refractivity contribution in [2.45, 2.75) is 25.9 Å². The molecule has 4 rings (SSSR count).